The van der Waals surface area contributed by atoms with Crippen molar-refractivity contribution in [1.29, 1.82) is 0 Å². The van der Waals surface area contributed by atoms with Crippen molar-refractivity contribution in [2.24, 2.45) is 0 Å². The van der Waals surface area contributed by atoms with Crippen LogP contribution in [-0.4, -0.2) is 29.7 Å². The molecule has 2 aromatic carbocycles. The van der Waals surface area contributed by atoms with Crippen LogP contribution in [0.25, 0.3) is 0 Å². The zero-order valence-corrected chi connectivity index (χ0v) is 10.9. The average molecular weight is 253 g/mol. The van der Waals surface area contributed by atoms with Crippen LogP contribution in [0.4, 0.5) is 0 Å². The Hall–Kier alpha value is -1.64. The third kappa shape index (κ3) is 2.55. The number of benzene rings is 2. The van der Waals surface area contributed by atoms with Crippen molar-refractivity contribution in [3.05, 3.63) is 71.8 Å². The maximum absolute atomic E-state index is 9.63. The molecule has 1 heterocycles. The molecule has 2 nitrogen and oxygen atoms in total. The zero-order valence-electron chi connectivity index (χ0n) is 10.9. The fourth-order valence-corrected chi connectivity index (χ4v) is 2.81. The van der Waals surface area contributed by atoms with Crippen LogP contribution < -0.4 is 0 Å². The summed E-state index contributed by atoms with van der Waals surface area (Å²) in [5, 5.41) is 9.63. The Morgan fingerprint density at radius 1 is 0.947 bits per heavy atom. The Balaban J connectivity index is 1.66. The third-order valence-electron chi connectivity index (χ3n) is 3.98. The van der Waals surface area contributed by atoms with E-state index in [1.165, 1.54) is 11.1 Å². The first-order valence-corrected chi connectivity index (χ1v) is 6.83. The molecule has 1 aliphatic rings. The van der Waals surface area contributed by atoms with E-state index in [9.17, 15) is 5.11 Å². The number of aliphatic hydroxyl groups excluding tert-OH is 1. The summed E-state index contributed by atoms with van der Waals surface area (Å²) in [6, 6.07) is 21.0. The molecule has 0 spiro atoms. The van der Waals surface area contributed by atoms with E-state index in [-0.39, 0.29) is 12.6 Å². The average Bonchev–Trinajstić information content (AvgIpc) is 2.44. The van der Waals surface area contributed by atoms with Crippen LogP contribution in [0.3, 0.4) is 0 Å². The summed E-state index contributed by atoms with van der Waals surface area (Å²) in [6.07, 6.45) is 0. The molecule has 0 amide bonds. The SMILES string of the molecule is OC[C@H](c1ccccc1)N1CC(c2ccccc2)C1. The molecule has 19 heavy (non-hydrogen) atoms. The lowest BCUT2D eigenvalue weighted by Gasteiger charge is -2.44. The predicted molar refractivity (Wildman–Crippen MR) is 77.0 cm³/mol. The molecular weight excluding hydrogens is 234 g/mol. The number of rotatable bonds is 4. The monoisotopic (exact) mass is 253 g/mol. The summed E-state index contributed by atoms with van der Waals surface area (Å²) in [6.45, 7) is 2.25. The first-order valence-electron chi connectivity index (χ1n) is 6.83. The predicted octanol–water partition coefficient (Wildman–Crippen LogP) is 2.82. The first kappa shape index (κ1) is 12.4. The molecule has 3 rings (SSSR count). The number of aliphatic hydroxyl groups is 1. The fraction of sp³-hybridized carbons (Fsp3) is 0.294. The second-order valence-corrected chi connectivity index (χ2v) is 5.17. The number of hydrogen-bond acceptors (Lipinski definition) is 2. The molecule has 0 unspecified atom stereocenters. The molecule has 2 aromatic rings. The van der Waals surface area contributed by atoms with Crippen LogP contribution >= 0.6 is 0 Å². The normalized spacial score (nSPS) is 17.9. The van der Waals surface area contributed by atoms with Crippen molar-refractivity contribution in [1.82, 2.24) is 4.90 Å². The molecule has 0 aliphatic carbocycles. The lowest BCUT2D eigenvalue weighted by atomic mass is 9.89. The second kappa shape index (κ2) is 5.55. The Kier molecular flexibility index (Phi) is 3.62. The van der Waals surface area contributed by atoms with Gasteiger partial charge in [-0.05, 0) is 11.1 Å². The van der Waals surface area contributed by atoms with Gasteiger partial charge < -0.3 is 5.11 Å². The molecule has 1 aliphatic heterocycles. The van der Waals surface area contributed by atoms with Gasteiger partial charge in [-0.3, -0.25) is 4.90 Å². The van der Waals surface area contributed by atoms with Gasteiger partial charge in [0.25, 0.3) is 0 Å². The molecular formula is C17H19NO. The summed E-state index contributed by atoms with van der Waals surface area (Å²) < 4.78 is 0. The highest BCUT2D eigenvalue weighted by Crippen LogP contribution is 2.33. The van der Waals surface area contributed by atoms with E-state index >= 15 is 0 Å². The van der Waals surface area contributed by atoms with Gasteiger partial charge in [-0.25, -0.2) is 0 Å². The van der Waals surface area contributed by atoms with E-state index in [1.807, 2.05) is 18.2 Å². The summed E-state index contributed by atoms with van der Waals surface area (Å²) in [5.41, 5.74) is 2.61. The summed E-state index contributed by atoms with van der Waals surface area (Å²) in [7, 11) is 0. The van der Waals surface area contributed by atoms with Gasteiger partial charge >= 0.3 is 0 Å². The van der Waals surface area contributed by atoms with E-state index in [0.29, 0.717) is 5.92 Å². The van der Waals surface area contributed by atoms with E-state index in [0.717, 1.165) is 13.1 Å². The zero-order chi connectivity index (χ0) is 13.1. The fourth-order valence-electron chi connectivity index (χ4n) is 2.81. The minimum atomic E-state index is 0.140. The molecule has 2 heteroatoms. The summed E-state index contributed by atoms with van der Waals surface area (Å²) in [4.78, 5) is 2.35. The Morgan fingerprint density at radius 3 is 2.11 bits per heavy atom. The topological polar surface area (TPSA) is 23.5 Å². The van der Waals surface area contributed by atoms with Crippen molar-refractivity contribution in [2.45, 2.75) is 12.0 Å². The molecule has 1 saturated heterocycles. The molecule has 98 valence electrons. The van der Waals surface area contributed by atoms with E-state index in [1.54, 1.807) is 0 Å². The van der Waals surface area contributed by atoms with Crippen LogP contribution in [0.1, 0.15) is 23.1 Å². The number of nitrogens with zero attached hydrogens (tertiary/aromatic N) is 1. The summed E-state index contributed by atoms with van der Waals surface area (Å²) in [5.74, 6) is 0.610. The van der Waals surface area contributed by atoms with Crippen LogP contribution in [0.5, 0.6) is 0 Å². The highest BCUT2D eigenvalue weighted by molar-refractivity contribution is 5.25. The summed E-state index contributed by atoms with van der Waals surface area (Å²) >= 11 is 0. The highest BCUT2D eigenvalue weighted by Gasteiger charge is 2.33. The van der Waals surface area contributed by atoms with Crippen molar-refractivity contribution in [2.75, 3.05) is 19.7 Å². The van der Waals surface area contributed by atoms with Crippen molar-refractivity contribution >= 4 is 0 Å². The maximum Gasteiger partial charge on any atom is 0.0628 e. The highest BCUT2D eigenvalue weighted by atomic mass is 16.3. The van der Waals surface area contributed by atoms with Gasteiger partial charge in [0.05, 0.1) is 12.6 Å². The molecule has 0 saturated carbocycles. The Bertz CT molecular complexity index is 505. The van der Waals surface area contributed by atoms with Crippen molar-refractivity contribution < 1.29 is 5.11 Å². The van der Waals surface area contributed by atoms with Crippen molar-refractivity contribution in [3.63, 3.8) is 0 Å². The number of hydrogen-bond donors (Lipinski definition) is 1. The van der Waals surface area contributed by atoms with E-state index in [2.05, 4.69) is 47.4 Å². The standard InChI is InChI=1S/C17H19NO/c19-13-17(15-9-5-2-6-10-15)18-11-16(12-18)14-7-3-1-4-8-14/h1-10,16-17,19H,11-13H2/t17-/m1/s1. The molecule has 1 atom stereocenters. The van der Waals surface area contributed by atoms with Crippen LogP contribution in [0.2, 0.25) is 0 Å². The van der Waals surface area contributed by atoms with Gasteiger partial charge in [-0.2, -0.15) is 0 Å². The lowest BCUT2D eigenvalue weighted by Crippen LogP contribution is -2.47. The van der Waals surface area contributed by atoms with Crippen LogP contribution in [0.15, 0.2) is 60.7 Å². The quantitative estimate of drug-likeness (QED) is 0.905. The van der Waals surface area contributed by atoms with Gasteiger partial charge in [0, 0.05) is 19.0 Å². The third-order valence-corrected chi connectivity index (χ3v) is 3.98. The smallest absolute Gasteiger partial charge is 0.0628 e. The Morgan fingerprint density at radius 2 is 1.53 bits per heavy atom. The van der Waals surface area contributed by atoms with Crippen molar-refractivity contribution in [3.8, 4) is 0 Å². The second-order valence-electron chi connectivity index (χ2n) is 5.17. The molecule has 1 N–H and O–H groups in total. The van der Waals surface area contributed by atoms with Gasteiger partial charge in [0.2, 0.25) is 0 Å². The molecule has 0 radical (unpaired) electrons. The largest absolute Gasteiger partial charge is 0.394 e. The van der Waals surface area contributed by atoms with Gasteiger partial charge in [-0.1, -0.05) is 60.7 Å². The Labute approximate surface area is 114 Å². The first-order chi connectivity index (χ1) is 9.38. The molecule has 0 aromatic heterocycles. The minimum Gasteiger partial charge on any atom is -0.394 e. The van der Waals surface area contributed by atoms with Crippen LogP contribution in [0, 0.1) is 0 Å². The molecule has 0 bridgehead atoms. The maximum atomic E-state index is 9.63. The number of likely N-dealkylation sites (tertiary alicyclic amines) is 1. The van der Waals surface area contributed by atoms with Gasteiger partial charge in [-0.15, -0.1) is 0 Å². The van der Waals surface area contributed by atoms with E-state index < -0.39 is 0 Å². The van der Waals surface area contributed by atoms with Gasteiger partial charge in [0.1, 0.15) is 0 Å². The molecule has 1 fully saturated rings. The van der Waals surface area contributed by atoms with E-state index in [4.69, 9.17) is 0 Å². The minimum absolute atomic E-state index is 0.140. The van der Waals surface area contributed by atoms with Crippen LogP contribution in [-0.2, 0) is 0 Å². The lowest BCUT2D eigenvalue weighted by molar-refractivity contribution is 0.0527. The van der Waals surface area contributed by atoms with Gasteiger partial charge in [0.15, 0.2) is 0 Å².